The Kier molecular flexibility index (Phi) is 5.92. The van der Waals surface area contributed by atoms with Gasteiger partial charge in [0, 0.05) is 25.0 Å². The van der Waals surface area contributed by atoms with Gasteiger partial charge in [0.25, 0.3) is 0 Å². The fraction of sp³-hybridized carbons (Fsp3) is 0.471. The number of carboxylic acids is 1. The highest BCUT2D eigenvalue weighted by atomic mass is 16.5. The van der Waals surface area contributed by atoms with E-state index in [4.69, 9.17) is 9.47 Å². The van der Waals surface area contributed by atoms with Crippen LogP contribution in [0, 0.1) is 0 Å². The average Bonchev–Trinajstić information content (AvgIpc) is 3.02. The van der Waals surface area contributed by atoms with Crippen molar-refractivity contribution in [2.75, 3.05) is 19.8 Å². The van der Waals surface area contributed by atoms with Gasteiger partial charge in [0.15, 0.2) is 11.3 Å². The molecule has 0 saturated carbocycles. The Hall–Kier alpha value is -2.41. The minimum absolute atomic E-state index is 0.00687. The third kappa shape index (κ3) is 4.55. The second kappa shape index (κ2) is 7.92. The molecule has 1 aromatic carbocycles. The number of nitrogens with one attached hydrogen (secondary N) is 1. The van der Waals surface area contributed by atoms with E-state index < -0.39 is 11.5 Å². The number of carbonyl (C=O) groups is 3. The molecule has 1 unspecified atom stereocenters. The topological polar surface area (TPSA) is 102 Å². The van der Waals surface area contributed by atoms with Crippen LogP contribution in [0.5, 0.6) is 5.75 Å². The molecule has 2 N–H and O–H groups in total. The Morgan fingerprint density at radius 3 is 2.54 bits per heavy atom. The van der Waals surface area contributed by atoms with Gasteiger partial charge in [0.1, 0.15) is 5.75 Å². The predicted molar refractivity (Wildman–Crippen MR) is 85.1 cm³/mol. The summed E-state index contributed by atoms with van der Waals surface area (Å²) in [5.41, 5.74) is -0.694. The van der Waals surface area contributed by atoms with Gasteiger partial charge >= 0.3 is 5.97 Å². The zero-order chi connectivity index (χ0) is 17.6. The van der Waals surface area contributed by atoms with Crippen LogP contribution in [0.25, 0.3) is 0 Å². The van der Waals surface area contributed by atoms with Gasteiger partial charge in [-0.1, -0.05) is 0 Å². The van der Waals surface area contributed by atoms with Gasteiger partial charge in [0.2, 0.25) is 5.91 Å². The highest BCUT2D eigenvalue weighted by Gasteiger charge is 2.43. The lowest BCUT2D eigenvalue weighted by molar-refractivity contribution is -0.147. The van der Waals surface area contributed by atoms with Crippen LogP contribution in [0.3, 0.4) is 0 Å². The Labute approximate surface area is 139 Å². The van der Waals surface area contributed by atoms with Crippen LogP contribution in [-0.4, -0.2) is 48.1 Å². The number of amides is 1. The Morgan fingerprint density at radius 1 is 1.29 bits per heavy atom. The molecule has 1 aliphatic rings. The molecule has 0 radical (unpaired) electrons. The summed E-state index contributed by atoms with van der Waals surface area (Å²) in [6.07, 6.45) is 0.893. The molecule has 0 bridgehead atoms. The van der Waals surface area contributed by atoms with Gasteiger partial charge in [0.05, 0.1) is 13.2 Å². The number of hydrogen-bond acceptors (Lipinski definition) is 5. The summed E-state index contributed by atoms with van der Waals surface area (Å²) in [6.45, 7) is 2.14. The van der Waals surface area contributed by atoms with Crippen LogP contribution < -0.4 is 10.1 Å². The second-order valence-electron chi connectivity index (χ2n) is 5.77. The number of carbonyl (C=O) groups excluding carboxylic acids is 2. The summed E-state index contributed by atoms with van der Waals surface area (Å²) in [7, 11) is 0. The Bertz CT molecular complexity index is 604. The van der Waals surface area contributed by atoms with E-state index in [0.29, 0.717) is 30.9 Å². The first-order chi connectivity index (χ1) is 11.4. The minimum Gasteiger partial charge on any atom is -0.494 e. The molecule has 1 heterocycles. The number of aliphatic carboxylic acids is 1. The van der Waals surface area contributed by atoms with Crippen molar-refractivity contribution in [2.45, 2.75) is 31.7 Å². The molecule has 1 aliphatic heterocycles. The first-order valence-corrected chi connectivity index (χ1v) is 7.79. The van der Waals surface area contributed by atoms with Crippen molar-refractivity contribution >= 4 is 17.7 Å². The fourth-order valence-electron chi connectivity index (χ4n) is 2.42. The third-order valence-corrected chi connectivity index (χ3v) is 3.89. The van der Waals surface area contributed by atoms with Crippen LogP contribution >= 0.6 is 0 Å². The monoisotopic (exact) mass is 335 g/mol. The molecule has 7 nitrogen and oxygen atoms in total. The maximum atomic E-state index is 11.9. The second-order valence-corrected chi connectivity index (χ2v) is 5.77. The van der Waals surface area contributed by atoms with Gasteiger partial charge in [-0.3, -0.25) is 9.59 Å². The van der Waals surface area contributed by atoms with Gasteiger partial charge in [-0.05, 0) is 37.6 Å². The quantitative estimate of drug-likeness (QED) is 0.550. The molecule has 0 aromatic heterocycles. The van der Waals surface area contributed by atoms with Crippen molar-refractivity contribution in [3.63, 3.8) is 0 Å². The summed E-state index contributed by atoms with van der Waals surface area (Å²) < 4.78 is 10.6. The van der Waals surface area contributed by atoms with E-state index in [2.05, 4.69) is 5.32 Å². The molecule has 1 fully saturated rings. The van der Waals surface area contributed by atoms with Gasteiger partial charge in [-0.25, -0.2) is 4.79 Å². The molecule has 7 heteroatoms. The lowest BCUT2D eigenvalue weighted by Gasteiger charge is -2.23. The summed E-state index contributed by atoms with van der Waals surface area (Å²) in [5.74, 6) is -0.804. The fourth-order valence-corrected chi connectivity index (χ4v) is 2.42. The zero-order valence-electron chi connectivity index (χ0n) is 13.5. The Morgan fingerprint density at radius 2 is 2.00 bits per heavy atom. The first kappa shape index (κ1) is 17.9. The van der Waals surface area contributed by atoms with Gasteiger partial charge in [-0.15, -0.1) is 0 Å². The van der Waals surface area contributed by atoms with Crippen LogP contribution in [0.2, 0.25) is 0 Å². The lowest BCUT2D eigenvalue weighted by atomic mass is 9.99. The van der Waals surface area contributed by atoms with Crippen LogP contribution in [0.4, 0.5) is 0 Å². The number of Topliss-reactive ketones (excluding diaryl/α,β-unsaturated/α-hetero) is 1. The molecule has 0 spiro atoms. The van der Waals surface area contributed by atoms with Crippen molar-refractivity contribution in [3.8, 4) is 5.75 Å². The summed E-state index contributed by atoms with van der Waals surface area (Å²) in [6, 6.07) is 6.76. The van der Waals surface area contributed by atoms with E-state index >= 15 is 0 Å². The lowest BCUT2D eigenvalue weighted by Crippen LogP contribution is -2.55. The summed E-state index contributed by atoms with van der Waals surface area (Å²) in [4.78, 5) is 34.4. The molecule has 24 heavy (non-hydrogen) atoms. The van der Waals surface area contributed by atoms with E-state index in [1.54, 1.807) is 24.3 Å². The van der Waals surface area contributed by atoms with Crippen LogP contribution in [0.1, 0.15) is 36.5 Å². The maximum absolute atomic E-state index is 11.9. The molecular formula is C17H21NO6. The van der Waals surface area contributed by atoms with Crippen molar-refractivity contribution in [3.05, 3.63) is 29.8 Å². The maximum Gasteiger partial charge on any atom is 0.331 e. The molecule has 1 amide bonds. The van der Waals surface area contributed by atoms with Gasteiger partial charge < -0.3 is 19.9 Å². The molecule has 2 rings (SSSR count). The molecule has 1 saturated heterocycles. The van der Waals surface area contributed by atoms with Gasteiger partial charge in [-0.2, -0.15) is 0 Å². The highest BCUT2D eigenvalue weighted by Crippen LogP contribution is 2.19. The highest BCUT2D eigenvalue weighted by molar-refractivity contribution is 5.94. The zero-order valence-corrected chi connectivity index (χ0v) is 13.5. The standard InChI is InChI=1S/C17H21NO6/c1-12(19)13-4-6-14(7-5-13)24-9-2-3-15(20)18-17(16(21)22)8-10-23-11-17/h4-7H,2-3,8-11H2,1H3,(H,18,20)(H,21,22). The first-order valence-electron chi connectivity index (χ1n) is 7.79. The number of ether oxygens (including phenoxy) is 2. The number of benzene rings is 1. The predicted octanol–water partition coefficient (Wildman–Crippen LogP) is 1.41. The molecular weight excluding hydrogens is 314 g/mol. The summed E-state index contributed by atoms with van der Waals surface area (Å²) >= 11 is 0. The SMILES string of the molecule is CC(=O)c1ccc(OCCCC(=O)NC2(C(=O)O)CCOC2)cc1. The number of carboxylic acid groups (broad SMARTS) is 1. The van der Waals surface area contributed by atoms with Crippen molar-refractivity contribution in [2.24, 2.45) is 0 Å². The largest absolute Gasteiger partial charge is 0.494 e. The van der Waals surface area contributed by atoms with E-state index in [1.807, 2.05) is 0 Å². The smallest absolute Gasteiger partial charge is 0.331 e. The van der Waals surface area contributed by atoms with Crippen LogP contribution in [-0.2, 0) is 14.3 Å². The number of hydrogen-bond donors (Lipinski definition) is 2. The van der Waals surface area contributed by atoms with Crippen molar-refractivity contribution in [1.82, 2.24) is 5.32 Å². The average molecular weight is 335 g/mol. The number of ketones is 1. The summed E-state index contributed by atoms with van der Waals surface area (Å²) in [5, 5.41) is 11.8. The minimum atomic E-state index is -1.31. The molecule has 130 valence electrons. The van der Waals surface area contributed by atoms with E-state index in [1.165, 1.54) is 6.92 Å². The normalized spacial score (nSPS) is 19.7. The van der Waals surface area contributed by atoms with Crippen molar-refractivity contribution in [1.29, 1.82) is 0 Å². The van der Waals surface area contributed by atoms with E-state index in [0.717, 1.165) is 0 Å². The van der Waals surface area contributed by atoms with Crippen molar-refractivity contribution < 1.29 is 29.0 Å². The molecule has 1 atom stereocenters. The molecule has 1 aromatic rings. The number of rotatable bonds is 8. The third-order valence-electron chi connectivity index (χ3n) is 3.89. The van der Waals surface area contributed by atoms with E-state index in [9.17, 15) is 19.5 Å². The molecule has 0 aliphatic carbocycles. The van der Waals surface area contributed by atoms with E-state index in [-0.39, 0.29) is 31.1 Å². The Balaban J connectivity index is 1.72. The van der Waals surface area contributed by atoms with Crippen LogP contribution in [0.15, 0.2) is 24.3 Å².